The maximum absolute atomic E-state index is 12.2. The van der Waals surface area contributed by atoms with Crippen molar-refractivity contribution in [2.45, 2.75) is 65.2 Å². The summed E-state index contributed by atoms with van der Waals surface area (Å²) >= 11 is 0. The van der Waals surface area contributed by atoms with E-state index in [-0.39, 0.29) is 5.78 Å². The second kappa shape index (κ2) is 10.5. The highest BCUT2D eigenvalue weighted by molar-refractivity contribution is 5.93. The monoisotopic (exact) mass is 428 g/mol. The molecule has 0 N–H and O–H groups in total. The van der Waals surface area contributed by atoms with Gasteiger partial charge in [0.1, 0.15) is 5.76 Å². The minimum absolute atomic E-state index is 0.279. The van der Waals surface area contributed by atoms with Crippen molar-refractivity contribution in [1.29, 1.82) is 0 Å². The standard InChI is InChI=1S/C29H32O3/c1-3-5-7-9-21-11-15-23(16-12-21)25-20-28(30)32-29-26(25)19-27(31-29)24-17-13-22(14-18-24)10-8-6-4-2/h11-20H,3-10H2,1-2H3. The van der Waals surface area contributed by atoms with Gasteiger partial charge < -0.3 is 8.83 Å². The van der Waals surface area contributed by atoms with Gasteiger partial charge in [-0.05, 0) is 48.4 Å². The second-order valence-corrected chi connectivity index (χ2v) is 8.60. The van der Waals surface area contributed by atoms with E-state index in [2.05, 4.69) is 62.4 Å². The van der Waals surface area contributed by atoms with E-state index in [9.17, 15) is 4.79 Å². The zero-order valence-electron chi connectivity index (χ0n) is 19.2. The molecule has 3 nitrogen and oxygen atoms in total. The summed E-state index contributed by atoms with van der Waals surface area (Å²) < 4.78 is 11.3. The molecule has 32 heavy (non-hydrogen) atoms. The van der Waals surface area contributed by atoms with Crippen molar-refractivity contribution in [3.8, 4) is 22.5 Å². The summed E-state index contributed by atoms with van der Waals surface area (Å²) in [6, 6.07) is 20.5. The zero-order chi connectivity index (χ0) is 22.3. The van der Waals surface area contributed by atoms with Crippen LogP contribution in [0.4, 0.5) is 0 Å². The van der Waals surface area contributed by atoms with Crippen LogP contribution < -0.4 is 5.63 Å². The minimum atomic E-state index is -0.397. The van der Waals surface area contributed by atoms with Crippen molar-refractivity contribution < 1.29 is 8.83 Å². The summed E-state index contributed by atoms with van der Waals surface area (Å²) in [6.07, 6.45) is 9.56. The molecular weight excluding hydrogens is 396 g/mol. The molecule has 0 fully saturated rings. The van der Waals surface area contributed by atoms with Crippen LogP contribution in [0.5, 0.6) is 0 Å². The third kappa shape index (κ3) is 5.21. The third-order valence-corrected chi connectivity index (χ3v) is 6.09. The number of unbranched alkanes of at least 4 members (excludes halogenated alkanes) is 4. The molecule has 0 bridgehead atoms. The van der Waals surface area contributed by atoms with Crippen LogP contribution in [0.3, 0.4) is 0 Å². The Kier molecular flexibility index (Phi) is 7.26. The molecule has 3 heteroatoms. The van der Waals surface area contributed by atoms with Crippen LogP contribution in [0.1, 0.15) is 63.5 Å². The summed E-state index contributed by atoms with van der Waals surface area (Å²) in [7, 11) is 0. The van der Waals surface area contributed by atoms with E-state index in [0.717, 1.165) is 34.9 Å². The predicted octanol–water partition coefficient (Wildman–Crippen LogP) is 8.19. The Morgan fingerprint density at radius 3 is 1.78 bits per heavy atom. The zero-order valence-corrected chi connectivity index (χ0v) is 19.2. The molecule has 4 aromatic rings. The average Bonchev–Trinajstić information content (AvgIpc) is 3.24. The Balaban J connectivity index is 1.61. The highest BCUT2D eigenvalue weighted by Crippen LogP contribution is 2.34. The van der Waals surface area contributed by atoms with Gasteiger partial charge in [0.25, 0.3) is 0 Å². The average molecular weight is 429 g/mol. The number of rotatable bonds is 10. The van der Waals surface area contributed by atoms with E-state index >= 15 is 0 Å². The molecule has 0 saturated heterocycles. The first-order valence-corrected chi connectivity index (χ1v) is 11.9. The Morgan fingerprint density at radius 2 is 1.22 bits per heavy atom. The molecule has 0 atom stereocenters. The largest absolute Gasteiger partial charge is 0.425 e. The van der Waals surface area contributed by atoms with Crippen molar-refractivity contribution in [1.82, 2.24) is 0 Å². The number of hydrogen-bond donors (Lipinski definition) is 0. The molecule has 2 aromatic heterocycles. The second-order valence-electron chi connectivity index (χ2n) is 8.60. The fourth-order valence-corrected chi connectivity index (χ4v) is 4.18. The van der Waals surface area contributed by atoms with Crippen LogP contribution in [-0.2, 0) is 12.8 Å². The maximum Gasteiger partial charge on any atom is 0.339 e. The Labute approximate surface area is 190 Å². The molecule has 0 spiro atoms. The lowest BCUT2D eigenvalue weighted by Crippen LogP contribution is -1.96. The fourth-order valence-electron chi connectivity index (χ4n) is 4.18. The number of hydrogen-bond acceptors (Lipinski definition) is 3. The Morgan fingerprint density at radius 1 is 0.656 bits per heavy atom. The van der Waals surface area contributed by atoms with E-state index in [1.165, 1.54) is 49.7 Å². The summed E-state index contributed by atoms with van der Waals surface area (Å²) in [4.78, 5) is 12.2. The van der Waals surface area contributed by atoms with Crippen LogP contribution in [0.15, 0.2) is 74.3 Å². The van der Waals surface area contributed by atoms with Crippen LogP contribution in [0, 0.1) is 0 Å². The van der Waals surface area contributed by atoms with Gasteiger partial charge in [0.2, 0.25) is 0 Å². The summed E-state index contributed by atoms with van der Waals surface area (Å²) in [5, 5.41) is 0.824. The smallest absolute Gasteiger partial charge is 0.339 e. The molecular formula is C29H32O3. The number of furan rings is 1. The van der Waals surface area contributed by atoms with Crippen molar-refractivity contribution in [3.63, 3.8) is 0 Å². The molecule has 2 aromatic carbocycles. The Hall–Kier alpha value is -3.07. The van der Waals surface area contributed by atoms with Crippen LogP contribution in [0.25, 0.3) is 33.6 Å². The molecule has 0 radical (unpaired) electrons. The summed E-state index contributed by atoms with van der Waals surface area (Å²) in [5.41, 5.74) is 5.10. The first-order chi connectivity index (χ1) is 15.7. The van der Waals surface area contributed by atoms with Crippen LogP contribution in [0.2, 0.25) is 0 Å². The number of fused-ring (bicyclic) bond motifs is 1. The molecule has 0 unspecified atom stereocenters. The third-order valence-electron chi connectivity index (χ3n) is 6.09. The molecule has 0 aliphatic rings. The van der Waals surface area contributed by atoms with Gasteiger partial charge in [0.15, 0.2) is 0 Å². The van der Waals surface area contributed by atoms with Gasteiger partial charge >= 0.3 is 11.4 Å². The van der Waals surface area contributed by atoms with E-state index in [0.29, 0.717) is 5.76 Å². The van der Waals surface area contributed by atoms with E-state index in [4.69, 9.17) is 8.83 Å². The van der Waals surface area contributed by atoms with Crippen LogP contribution >= 0.6 is 0 Å². The SMILES string of the molecule is CCCCCc1ccc(-c2cc3c(-c4ccc(CCCCC)cc4)cc(=O)oc3o2)cc1. The van der Waals surface area contributed by atoms with Gasteiger partial charge in [-0.1, -0.05) is 88.1 Å². The van der Waals surface area contributed by atoms with Gasteiger partial charge in [-0.25, -0.2) is 4.79 Å². The highest BCUT2D eigenvalue weighted by Gasteiger charge is 2.15. The fraction of sp³-hybridized carbons (Fsp3) is 0.345. The minimum Gasteiger partial charge on any atom is -0.425 e. The van der Waals surface area contributed by atoms with E-state index < -0.39 is 5.63 Å². The predicted molar refractivity (Wildman–Crippen MR) is 132 cm³/mol. The maximum atomic E-state index is 12.2. The Bertz CT molecular complexity index is 1190. The van der Waals surface area contributed by atoms with E-state index in [1.807, 2.05) is 6.07 Å². The molecule has 0 saturated carbocycles. The topological polar surface area (TPSA) is 43.4 Å². The molecule has 0 amide bonds. The van der Waals surface area contributed by atoms with Crippen molar-refractivity contribution in [2.24, 2.45) is 0 Å². The van der Waals surface area contributed by atoms with Crippen LogP contribution in [-0.4, -0.2) is 0 Å². The molecule has 4 rings (SSSR count). The summed E-state index contributed by atoms with van der Waals surface area (Å²) in [5.74, 6) is 0.994. The molecule has 0 aliphatic heterocycles. The van der Waals surface area contributed by atoms with Gasteiger partial charge in [-0.2, -0.15) is 0 Å². The lowest BCUT2D eigenvalue weighted by atomic mass is 10.00. The normalized spacial score (nSPS) is 11.3. The molecule has 166 valence electrons. The van der Waals surface area contributed by atoms with Gasteiger partial charge in [0.05, 0.1) is 5.39 Å². The first-order valence-electron chi connectivity index (χ1n) is 11.9. The van der Waals surface area contributed by atoms with Gasteiger partial charge in [-0.15, -0.1) is 0 Å². The van der Waals surface area contributed by atoms with Gasteiger partial charge in [0, 0.05) is 17.2 Å². The molecule has 0 aliphatic carbocycles. The number of aryl methyl sites for hydroxylation is 2. The highest BCUT2D eigenvalue weighted by atomic mass is 16.5. The van der Waals surface area contributed by atoms with Crippen molar-refractivity contribution in [3.05, 3.63) is 82.2 Å². The van der Waals surface area contributed by atoms with E-state index in [1.54, 1.807) is 6.07 Å². The van der Waals surface area contributed by atoms with Gasteiger partial charge in [-0.3, -0.25) is 0 Å². The van der Waals surface area contributed by atoms with Crippen molar-refractivity contribution in [2.75, 3.05) is 0 Å². The molecule has 2 heterocycles. The lowest BCUT2D eigenvalue weighted by molar-refractivity contribution is 0.456. The lowest BCUT2D eigenvalue weighted by Gasteiger charge is -2.05. The number of benzene rings is 2. The first kappa shape index (κ1) is 22.1. The summed E-state index contributed by atoms with van der Waals surface area (Å²) in [6.45, 7) is 4.44. The quantitative estimate of drug-likeness (QED) is 0.239. The van der Waals surface area contributed by atoms with Crippen molar-refractivity contribution >= 4 is 11.2 Å².